The van der Waals surface area contributed by atoms with Gasteiger partial charge in [0.05, 0.1) is 17.0 Å². The van der Waals surface area contributed by atoms with Crippen LogP contribution in [0.15, 0.2) is 22.7 Å². The molecule has 1 aromatic carbocycles. The standard InChI is InChI=1S/C17H21BrO3/c1-20-13-8-6-7-12(18)16(13)21-15-11-14(19)17(15)9-4-2-3-5-10-17/h6-8,15H,2-5,9-11H2,1H3. The first-order valence-corrected chi connectivity index (χ1v) is 8.49. The molecule has 4 heteroatoms. The van der Waals surface area contributed by atoms with Crippen molar-refractivity contribution in [2.24, 2.45) is 5.41 Å². The van der Waals surface area contributed by atoms with Crippen molar-refractivity contribution in [3.63, 3.8) is 0 Å². The van der Waals surface area contributed by atoms with Gasteiger partial charge in [-0.1, -0.05) is 31.7 Å². The molecule has 2 aliphatic rings. The molecule has 0 heterocycles. The van der Waals surface area contributed by atoms with Crippen LogP contribution < -0.4 is 9.47 Å². The molecule has 2 aliphatic carbocycles. The Balaban J connectivity index is 1.83. The molecule has 114 valence electrons. The number of rotatable bonds is 3. The van der Waals surface area contributed by atoms with Crippen LogP contribution in [0.25, 0.3) is 0 Å². The van der Waals surface area contributed by atoms with Crippen molar-refractivity contribution in [2.45, 2.75) is 51.0 Å². The SMILES string of the molecule is COc1cccc(Br)c1OC1CC(=O)C12CCCCCC2. The van der Waals surface area contributed by atoms with Gasteiger partial charge < -0.3 is 9.47 Å². The monoisotopic (exact) mass is 352 g/mol. The van der Waals surface area contributed by atoms with Crippen LogP contribution in [-0.4, -0.2) is 19.0 Å². The molecule has 0 aliphatic heterocycles. The van der Waals surface area contributed by atoms with Gasteiger partial charge in [-0.2, -0.15) is 0 Å². The first kappa shape index (κ1) is 14.9. The molecule has 3 nitrogen and oxygen atoms in total. The lowest BCUT2D eigenvalue weighted by Gasteiger charge is -2.47. The van der Waals surface area contributed by atoms with Gasteiger partial charge in [-0.3, -0.25) is 4.79 Å². The Morgan fingerprint density at radius 1 is 1.19 bits per heavy atom. The molecule has 1 aromatic rings. The number of benzene rings is 1. The third kappa shape index (κ3) is 2.59. The Morgan fingerprint density at radius 2 is 1.90 bits per heavy atom. The smallest absolute Gasteiger partial charge is 0.175 e. The Bertz CT molecular complexity index is 533. The Hall–Kier alpha value is -1.03. The molecule has 1 atom stereocenters. The van der Waals surface area contributed by atoms with E-state index in [1.54, 1.807) is 7.11 Å². The number of hydrogen-bond donors (Lipinski definition) is 0. The summed E-state index contributed by atoms with van der Waals surface area (Å²) in [5.74, 6) is 1.83. The van der Waals surface area contributed by atoms with Gasteiger partial charge in [0, 0.05) is 6.42 Å². The van der Waals surface area contributed by atoms with Crippen LogP contribution in [0.3, 0.4) is 0 Å². The fourth-order valence-corrected chi connectivity index (χ4v) is 4.08. The Morgan fingerprint density at radius 3 is 2.52 bits per heavy atom. The zero-order valence-corrected chi connectivity index (χ0v) is 13.9. The molecule has 21 heavy (non-hydrogen) atoms. The van der Waals surface area contributed by atoms with E-state index in [0.29, 0.717) is 18.0 Å². The van der Waals surface area contributed by atoms with E-state index in [9.17, 15) is 4.79 Å². The van der Waals surface area contributed by atoms with E-state index >= 15 is 0 Å². The van der Waals surface area contributed by atoms with Gasteiger partial charge in [-0.05, 0) is 40.9 Å². The Labute approximate surface area is 134 Å². The zero-order chi connectivity index (χ0) is 14.9. The third-order valence-corrected chi connectivity index (χ3v) is 5.57. The summed E-state index contributed by atoms with van der Waals surface area (Å²) < 4.78 is 12.5. The van der Waals surface area contributed by atoms with Crippen LogP contribution in [0.1, 0.15) is 44.9 Å². The van der Waals surface area contributed by atoms with Gasteiger partial charge >= 0.3 is 0 Å². The second kappa shape index (κ2) is 5.99. The van der Waals surface area contributed by atoms with Gasteiger partial charge in [0.25, 0.3) is 0 Å². The van der Waals surface area contributed by atoms with Crippen molar-refractivity contribution in [2.75, 3.05) is 7.11 Å². The van der Waals surface area contributed by atoms with Crippen LogP contribution in [0.2, 0.25) is 0 Å². The average molecular weight is 353 g/mol. The summed E-state index contributed by atoms with van der Waals surface area (Å²) in [6.45, 7) is 0. The van der Waals surface area contributed by atoms with Gasteiger partial charge in [0.1, 0.15) is 11.9 Å². The van der Waals surface area contributed by atoms with E-state index < -0.39 is 0 Å². The molecule has 0 radical (unpaired) electrons. The molecule has 0 saturated heterocycles. The number of hydrogen-bond acceptors (Lipinski definition) is 3. The van der Waals surface area contributed by atoms with Crippen molar-refractivity contribution < 1.29 is 14.3 Å². The second-order valence-electron chi connectivity index (χ2n) is 6.08. The highest BCUT2D eigenvalue weighted by atomic mass is 79.9. The van der Waals surface area contributed by atoms with Crippen LogP contribution in [-0.2, 0) is 4.79 Å². The van der Waals surface area contributed by atoms with Crippen LogP contribution in [0, 0.1) is 5.41 Å². The molecule has 0 N–H and O–H groups in total. The van der Waals surface area contributed by atoms with E-state index in [0.717, 1.165) is 35.9 Å². The fourth-order valence-electron chi connectivity index (χ4n) is 3.64. The molecule has 1 spiro atoms. The molecule has 0 bridgehead atoms. The molecular formula is C17H21BrO3. The number of carbonyl (C=O) groups is 1. The minimum absolute atomic E-state index is 0.00398. The topological polar surface area (TPSA) is 35.5 Å². The highest BCUT2D eigenvalue weighted by molar-refractivity contribution is 9.10. The lowest BCUT2D eigenvalue weighted by atomic mass is 9.60. The highest BCUT2D eigenvalue weighted by Crippen LogP contribution is 2.51. The zero-order valence-electron chi connectivity index (χ0n) is 12.4. The summed E-state index contributed by atoms with van der Waals surface area (Å²) in [5.41, 5.74) is -0.239. The lowest BCUT2D eigenvalue weighted by molar-refractivity contribution is -0.154. The maximum absolute atomic E-state index is 12.3. The number of methoxy groups -OCH3 is 1. The summed E-state index contributed by atoms with van der Waals surface area (Å²) in [6.07, 6.45) is 7.23. The van der Waals surface area contributed by atoms with Crippen molar-refractivity contribution >= 4 is 21.7 Å². The van der Waals surface area contributed by atoms with Crippen LogP contribution >= 0.6 is 15.9 Å². The van der Waals surface area contributed by atoms with Crippen LogP contribution in [0.4, 0.5) is 0 Å². The summed E-state index contributed by atoms with van der Waals surface area (Å²) in [5, 5.41) is 0. The predicted octanol–water partition coefficient (Wildman–Crippen LogP) is 4.52. The number of Topliss-reactive ketones (excluding diaryl/α,β-unsaturated/α-hetero) is 1. The number of carbonyl (C=O) groups excluding carboxylic acids is 1. The quantitative estimate of drug-likeness (QED) is 0.802. The largest absolute Gasteiger partial charge is 0.493 e. The number of ketones is 1. The summed E-state index contributed by atoms with van der Waals surface area (Å²) in [6, 6.07) is 5.75. The first-order valence-electron chi connectivity index (χ1n) is 7.70. The van der Waals surface area contributed by atoms with E-state index in [1.165, 1.54) is 12.8 Å². The molecule has 2 saturated carbocycles. The molecule has 3 rings (SSSR count). The van der Waals surface area contributed by atoms with Gasteiger partial charge in [-0.15, -0.1) is 0 Å². The van der Waals surface area contributed by atoms with Crippen molar-refractivity contribution in [3.05, 3.63) is 22.7 Å². The molecule has 2 fully saturated rings. The molecule has 0 amide bonds. The number of ether oxygens (including phenoxy) is 2. The van der Waals surface area contributed by atoms with Gasteiger partial charge in [-0.25, -0.2) is 0 Å². The van der Waals surface area contributed by atoms with Crippen molar-refractivity contribution in [3.8, 4) is 11.5 Å². The average Bonchev–Trinajstić information content (AvgIpc) is 2.76. The Kier molecular flexibility index (Phi) is 4.25. The van der Waals surface area contributed by atoms with E-state index in [2.05, 4.69) is 15.9 Å². The summed E-state index contributed by atoms with van der Waals surface area (Å²) in [4.78, 5) is 12.3. The maximum Gasteiger partial charge on any atom is 0.175 e. The van der Waals surface area contributed by atoms with E-state index in [-0.39, 0.29) is 11.5 Å². The third-order valence-electron chi connectivity index (χ3n) is 4.95. The molecule has 0 aromatic heterocycles. The predicted molar refractivity (Wildman–Crippen MR) is 84.9 cm³/mol. The summed E-state index contributed by atoms with van der Waals surface area (Å²) in [7, 11) is 1.64. The van der Waals surface area contributed by atoms with Crippen molar-refractivity contribution in [1.82, 2.24) is 0 Å². The van der Waals surface area contributed by atoms with E-state index in [1.807, 2.05) is 18.2 Å². The van der Waals surface area contributed by atoms with Crippen LogP contribution in [0.5, 0.6) is 11.5 Å². The minimum atomic E-state index is -0.239. The first-order chi connectivity index (χ1) is 10.2. The lowest BCUT2D eigenvalue weighted by Crippen LogP contribution is -2.56. The second-order valence-corrected chi connectivity index (χ2v) is 6.93. The highest BCUT2D eigenvalue weighted by Gasteiger charge is 2.56. The van der Waals surface area contributed by atoms with Crippen molar-refractivity contribution in [1.29, 1.82) is 0 Å². The molecular weight excluding hydrogens is 332 g/mol. The maximum atomic E-state index is 12.3. The summed E-state index contributed by atoms with van der Waals surface area (Å²) >= 11 is 3.52. The van der Waals surface area contributed by atoms with Gasteiger partial charge in [0.15, 0.2) is 11.5 Å². The molecule has 1 unspecified atom stereocenters. The van der Waals surface area contributed by atoms with Gasteiger partial charge in [0.2, 0.25) is 0 Å². The number of halogens is 1. The fraction of sp³-hybridized carbons (Fsp3) is 0.588. The number of para-hydroxylation sites is 1. The normalized spacial score (nSPS) is 24.3. The minimum Gasteiger partial charge on any atom is -0.493 e. The van der Waals surface area contributed by atoms with E-state index in [4.69, 9.17) is 9.47 Å².